The number of hydrogen-bond donors (Lipinski definition) is 1. The number of hydrogen-bond acceptors (Lipinski definition) is 4. The molecule has 1 aromatic carbocycles. The Hall–Kier alpha value is -1.94. The molecule has 1 aromatic rings. The summed E-state index contributed by atoms with van der Waals surface area (Å²) in [6, 6.07) is 4.99. The molecule has 1 N–H and O–H groups in total. The average molecular weight is 324 g/mol. The van der Waals surface area contributed by atoms with Crippen molar-refractivity contribution >= 4 is 23.5 Å². The van der Waals surface area contributed by atoms with E-state index >= 15 is 0 Å². The lowest BCUT2D eigenvalue weighted by molar-refractivity contribution is -0.122. The van der Waals surface area contributed by atoms with Gasteiger partial charge in [-0.1, -0.05) is 0 Å². The molecule has 0 saturated carbocycles. The molecular weight excluding hydrogens is 310 g/mol. The Morgan fingerprint density at radius 2 is 2.09 bits per heavy atom. The van der Waals surface area contributed by atoms with Crippen LogP contribution in [0, 0.1) is 23.0 Å². The van der Waals surface area contributed by atoms with Crippen LogP contribution in [0.25, 0.3) is 0 Å². The van der Waals surface area contributed by atoms with Crippen molar-refractivity contribution in [1.29, 1.82) is 5.26 Å². The normalized spacial score (nSPS) is 20.4. The lowest BCUT2D eigenvalue weighted by Gasteiger charge is -2.21. The summed E-state index contributed by atoms with van der Waals surface area (Å²) < 4.78 is 25.9. The zero-order valence-corrected chi connectivity index (χ0v) is 12.5. The highest BCUT2D eigenvalue weighted by Gasteiger charge is 2.35. The van der Waals surface area contributed by atoms with Gasteiger partial charge in [0.25, 0.3) is 0 Å². The van der Waals surface area contributed by atoms with Gasteiger partial charge >= 0.3 is 0 Å². The number of carbonyl (C=O) groups excluding carboxylic acids is 2. The number of thioether (sulfide) groups is 1. The molecule has 4 nitrogen and oxygen atoms in total. The second kappa shape index (κ2) is 6.88. The lowest BCUT2D eigenvalue weighted by atomic mass is 10.0. The minimum atomic E-state index is -1.10. The first-order chi connectivity index (χ1) is 10.5. The fourth-order valence-corrected chi connectivity index (χ4v) is 3.42. The number of halogens is 2. The van der Waals surface area contributed by atoms with Gasteiger partial charge in [0.1, 0.15) is 5.54 Å². The second-order valence-corrected chi connectivity index (χ2v) is 6.20. The minimum Gasteiger partial charge on any atom is -0.337 e. The summed E-state index contributed by atoms with van der Waals surface area (Å²) in [6.07, 6.45) is 0.370. The highest BCUT2D eigenvalue weighted by molar-refractivity contribution is 7.99. The molecule has 2 rings (SSSR count). The second-order valence-electron chi connectivity index (χ2n) is 5.10. The van der Waals surface area contributed by atoms with Gasteiger partial charge in [0, 0.05) is 24.2 Å². The van der Waals surface area contributed by atoms with E-state index in [1.54, 1.807) is 11.8 Å². The van der Waals surface area contributed by atoms with Crippen molar-refractivity contribution < 1.29 is 18.4 Å². The van der Waals surface area contributed by atoms with E-state index in [-0.39, 0.29) is 24.3 Å². The van der Waals surface area contributed by atoms with Crippen molar-refractivity contribution in [3.8, 4) is 6.07 Å². The molecule has 0 unspecified atom stereocenters. The molecule has 7 heteroatoms. The van der Waals surface area contributed by atoms with Crippen LogP contribution in [0.5, 0.6) is 0 Å². The smallest absolute Gasteiger partial charge is 0.221 e. The number of carbonyl (C=O) groups is 2. The third kappa shape index (κ3) is 3.83. The molecule has 1 aliphatic heterocycles. The Morgan fingerprint density at radius 3 is 2.68 bits per heavy atom. The number of amides is 1. The molecule has 1 aliphatic rings. The van der Waals surface area contributed by atoms with Crippen molar-refractivity contribution in [2.75, 3.05) is 11.5 Å². The predicted octanol–water partition coefficient (Wildman–Crippen LogP) is 2.44. The van der Waals surface area contributed by atoms with Gasteiger partial charge in [0.2, 0.25) is 5.91 Å². The number of nitrogens with one attached hydrogen (secondary N) is 1. The maximum atomic E-state index is 13.1. The first kappa shape index (κ1) is 16.4. The van der Waals surface area contributed by atoms with Gasteiger partial charge in [-0.25, -0.2) is 8.78 Å². The van der Waals surface area contributed by atoms with Crippen LogP contribution in [0.1, 0.15) is 29.6 Å². The molecule has 0 aromatic heterocycles. The van der Waals surface area contributed by atoms with E-state index in [0.29, 0.717) is 12.2 Å². The van der Waals surface area contributed by atoms with E-state index < -0.39 is 23.0 Å². The molecule has 1 atom stereocenters. The van der Waals surface area contributed by atoms with E-state index in [9.17, 15) is 18.4 Å². The maximum absolute atomic E-state index is 13.1. The largest absolute Gasteiger partial charge is 0.337 e. The van der Waals surface area contributed by atoms with Gasteiger partial charge in [-0.2, -0.15) is 17.0 Å². The van der Waals surface area contributed by atoms with Crippen LogP contribution < -0.4 is 5.32 Å². The molecule has 116 valence electrons. The Bertz CT molecular complexity index is 637. The van der Waals surface area contributed by atoms with Gasteiger partial charge in [0.05, 0.1) is 6.07 Å². The Labute approximate surface area is 130 Å². The van der Waals surface area contributed by atoms with Crippen LogP contribution in [0.15, 0.2) is 18.2 Å². The summed E-state index contributed by atoms with van der Waals surface area (Å²) in [7, 11) is 0. The fraction of sp³-hybridized carbons (Fsp3) is 0.400. The maximum Gasteiger partial charge on any atom is 0.221 e. The van der Waals surface area contributed by atoms with Gasteiger partial charge in [-0.3, -0.25) is 9.59 Å². The molecule has 1 saturated heterocycles. The number of Topliss-reactive ketones (excluding diaryl/α,β-unsaturated/α-hetero) is 1. The first-order valence-electron chi connectivity index (χ1n) is 6.74. The predicted molar refractivity (Wildman–Crippen MR) is 78.4 cm³/mol. The van der Waals surface area contributed by atoms with Crippen molar-refractivity contribution in [2.24, 2.45) is 0 Å². The molecule has 1 heterocycles. The van der Waals surface area contributed by atoms with Crippen molar-refractivity contribution in [3.63, 3.8) is 0 Å². The van der Waals surface area contributed by atoms with Gasteiger partial charge < -0.3 is 5.32 Å². The van der Waals surface area contributed by atoms with Crippen molar-refractivity contribution in [1.82, 2.24) is 5.32 Å². The summed E-state index contributed by atoms with van der Waals surface area (Å²) >= 11 is 1.59. The Kier molecular flexibility index (Phi) is 5.14. The summed E-state index contributed by atoms with van der Waals surface area (Å²) in [4.78, 5) is 23.7. The first-order valence-corrected chi connectivity index (χ1v) is 7.89. The molecule has 0 aliphatic carbocycles. The standard InChI is InChI=1S/C15H14F2N2O2S/c16-11-2-1-10(7-12(11)17)13(20)3-4-14(21)19-15(8-18)5-6-22-9-15/h1-2,7H,3-6,9H2,(H,19,21)/t15-/m1/s1. The van der Waals surface area contributed by atoms with Gasteiger partial charge in [0.15, 0.2) is 17.4 Å². The SMILES string of the molecule is N#C[C@]1(NC(=O)CCC(=O)c2ccc(F)c(F)c2)CCSC1. The highest BCUT2D eigenvalue weighted by atomic mass is 32.2. The zero-order chi connectivity index (χ0) is 16.2. The van der Waals surface area contributed by atoms with Crippen LogP contribution in [-0.2, 0) is 4.79 Å². The quantitative estimate of drug-likeness (QED) is 0.845. The number of benzene rings is 1. The summed E-state index contributed by atoms with van der Waals surface area (Å²) in [5.74, 6) is -1.61. The van der Waals surface area contributed by atoms with Crippen molar-refractivity contribution in [3.05, 3.63) is 35.4 Å². The van der Waals surface area contributed by atoms with Crippen LogP contribution in [0.3, 0.4) is 0 Å². The Balaban J connectivity index is 1.89. The number of ketones is 1. The van der Waals surface area contributed by atoms with Crippen LogP contribution >= 0.6 is 11.8 Å². The van der Waals surface area contributed by atoms with Gasteiger partial charge in [-0.05, 0) is 30.4 Å². The van der Waals surface area contributed by atoms with E-state index in [2.05, 4.69) is 11.4 Å². The molecule has 1 fully saturated rings. The van der Waals surface area contributed by atoms with E-state index in [4.69, 9.17) is 5.26 Å². The van der Waals surface area contributed by atoms with E-state index in [1.165, 1.54) is 6.07 Å². The monoisotopic (exact) mass is 324 g/mol. The molecule has 0 bridgehead atoms. The summed E-state index contributed by atoms with van der Waals surface area (Å²) in [5.41, 5.74) is -0.828. The van der Waals surface area contributed by atoms with Crippen LogP contribution in [0.4, 0.5) is 8.78 Å². The van der Waals surface area contributed by atoms with Gasteiger partial charge in [-0.15, -0.1) is 0 Å². The summed E-state index contributed by atoms with van der Waals surface area (Å²) in [5, 5.41) is 11.8. The Morgan fingerprint density at radius 1 is 1.32 bits per heavy atom. The highest BCUT2D eigenvalue weighted by Crippen LogP contribution is 2.27. The minimum absolute atomic E-state index is 0.0260. The molecule has 0 spiro atoms. The van der Waals surface area contributed by atoms with Crippen LogP contribution in [0.2, 0.25) is 0 Å². The number of nitrogens with zero attached hydrogens (tertiary/aromatic N) is 1. The van der Waals surface area contributed by atoms with Crippen LogP contribution in [-0.4, -0.2) is 28.7 Å². The zero-order valence-electron chi connectivity index (χ0n) is 11.7. The third-order valence-corrected chi connectivity index (χ3v) is 4.62. The topological polar surface area (TPSA) is 70.0 Å². The lowest BCUT2D eigenvalue weighted by Crippen LogP contribution is -2.47. The number of rotatable bonds is 5. The van der Waals surface area contributed by atoms with E-state index in [1.807, 2.05) is 0 Å². The molecule has 22 heavy (non-hydrogen) atoms. The van der Waals surface area contributed by atoms with Crippen molar-refractivity contribution in [2.45, 2.75) is 24.8 Å². The fourth-order valence-electron chi connectivity index (χ4n) is 2.15. The molecule has 1 amide bonds. The van der Waals surface area contributed by atoms with E-state index in [0.717, 1.165) is 17.9 Å². The third-order valence-electron chi connectivity index (χ3n) is 3.44. The average Bonchev–Trinajstić information content (AvgIpc) is 2.96. The molecular formula is C15H14F2N2O2S. The molecule has 0 radical (unpaired) electrons. The summed E-state index contributed by atoms with van der Waals surface area (Å²) in [6.45, 7) is 0. The number of nitriles is 1.